The van der Waals surface area contributed by atoms with Gasteiger partial charge in [0, 0.05) is 11.1 Å². The minimum absolute atomic E-state index is 0. The number of aromatic carboxylic acids is 2. The van der Waals surface area contributed by atoms with E-state index in [0.717, 1.165) is 22.3 Å². The molecule has 116 valence electrons. The van der Waals surface area contributed by atoms with Crippen molar-refractivity contribution in [3.8, 4) is 0 Å². The van der Waals surface area contributed by atoms with Crippen molar-refractivity contribution in [3.05, 3.63) is 69.8 Å². The van der Waals surface area contributed by atoms with E-state index in [-0.39, 0.29) is 38.8 Å². The van der Waals surface area contributed by atoms with E-state index in [1.54, 1.807) is 38.1 Å². The Labute approximate surface area is 156 Å². The molecule has 0 atom stereocenters. The first-order chi connectivity index (χ1) is 10.2. The van der Waals surface area contributed by atoms with Crippen molar-refractivity contribution >= 4 is 11.9 Å². The van der Waals surface area contributed by atoms with Gasteiger partial charge in [0.15, 0.2) is 0 Å². The summed E-state index contributed by atoms with van der Waals surface area (Å²) in [6.45, 7) is 7.22. The second-order valence-electron chi connectivity index (χ2n) is 5.21. The molecule has 0 saturated heterocycles. The molecule has 0 N–H and O–H groups in total. The smallest absolute Gasteiger partial charge is 0.545 e. The Kier molecular flexibility index (Phi) is 8.76. The zero-order valence-electron chi connectivity index (χ0n) is 13.8. The molecular weight excluding hydrogens is 481 g/mol. The van der Waals surface area contributed by atoms with Gasteiger partial charge in [0.05, 0.1) is 11.9 Å². The summed E-state index contributed by atoms with van der Waals surface area (Å²) in [5.74, 6) is -2.21. The van der Waals surface area contributed by atoms with Crippen LogP contribution in [0.15, 0.2) is 36.4 Å². The Bertz CT molecular complexity index is 647. The van der Waals surface area contributed by atoms with Crippen LogP contribution in [0.1, 0.15) is 43.0 Å². The summed E-state index contributed by atoms with van der Waals surface area (Å²) < 4.78 is 0. The van der Waals surface area contributed by atoms with Crippen LogP contribution in [0.4, 0.5) is 0 Å². The molecule has 4 nitrogen and oxygen atoms in total. The van der Waals surface area contributed by atoms with Gasteiger partial charge in [0.25, 0.3) is 0 Å². The van der Waals surface area contributed by atoms with E-state index in [9.17, 15) is 19.8 Å². The molecule has 0 fully saturated rings. The van der Waals surface area contributed by atoms with Gasteiger partial charge in [-0.15, -0.1) is 0 Å². The van der Waals surface area contributed by atoms with Crippen molar-refractivity contribution in [1.82, 2.24) is 0 Å². The van der Waals surface area contributed by atoms with Gasteiger partial charge in [-0.3, -0.25) is 0 Å². The van der Waals surface area contributed by atoms with E-state index in [0.29, 0.717) is 0 Å². The van der Waals surface area contributed by atoms with Crippen LogP contribution in [0.3, 0.4) is 0 Å². The number of hydrogen-bond acceptors (Lipinski definition) is 4. The van der Waals surface area contributed by atoms with Crippen molar-refractivity contribution in [1.29, 1.82) is 0 Å². The Hall–Kier alpha value is -1.68. The van der Waals surface area contributed by atoms with E-state index < -0.39 is 11.9 Å². The van der Waals surface area contributed by atoms with Gasteiger partial charge in [-0.25, -0.2) is 0 Å². The predicted molar refractivity (Wildman–Crippen MR) is 80.5 cm³/mol. The van der Waals surface area contributed by atoms with Crippen LogP contribution >= 0.6 is 0 Å². The molecule has 0 aromatic heterocycles. The fourth-order valence-electron chi connectivity index (χ4n) is 1.91. The summed E-state index contributed by atoms with van der Waals surface area (Å²) in [5.41, 5.74) is 3.94. The first-order valence-electron chi connectivity index (χ1n) is 6.79. The fraction of sp³-hybridized carbons (Fsp3) is 0.222. The number of carbonyl (C=O) groups is 2. The predicted octanol–water partition coefficient (Wildman–Crippen LogP) is 1.33. The standard InChI is InChI=1S/2C9H10O2.Hg/c2*1-6-3-4-7(2)8(5-6)9(10)11;/h2*3-5H,1-2H3,(H,10,11);/q;;+2/p-2. The number of carboxylic acids is 2. The van der Waals surface area contributed by atoms with Gasteiger partial charge in [0.2, 0.25) is 0 Å². The number of hydrogen-bond donors (Lipinski definition) is 0. The third-order valence-electron chi connectivity index (χ3n) is 3.23. The minimum atomic E-state index is -1.11. The monoisotopic (exact) mass is 500 g/mol. The van der Waals surface area contributed by atoms with Crippen molar-refractivity contribution in [3.63, 3.8) is 0 Å². The quantitative estimate of drug-likeness (QED) is 0.585. The topological polar surface area (TPSA) is 80.3 Å². The zero-order chi connectivity index (χ0) is 16.9. The van der Waals surface area contributed by atoms with Gasteiger partial charge >= 0.3 is 27.7 Å². The summed E-state index contributed by atoms with van der Waals surface area (Å²) in [7, 11) is 0. The second-order valence-corrected chi connectivity index (χ2v) is 5.21. The van der Waals surface area contributed by atoms with E-state index in [1.165, 1.54) is 0 Å². The summed E-state index contributed by atoms with van der Waals surface area (Å²) in [6, 6.07) is 10.5. The Morgan fingerprint density at radius 2 is 1.00 bits per heavy atom. The SMILES string of the molecule is Cc1ccc(C)c(C(=O)[O-])c1.Cc1ccc(C)c(C(=O)[O-])c1.[Hg+2]. The van der Waals surface area contributed by atoms with E-state index in [1.807, 2.05) is 26.0 Å². The van der Waals surface area contributed by atoms with Gasteiger partial charge in [-0.2, -0.15) is 0 Å². The fourth-order valence-corrected chi connectivity index (χ4v) is 1.91. The number of carboxylic acid groups (broad SMARTS) is 2. The zero-order valence-corrected chi connectivity index (χ0v) is 19.3. The molecule has 5 heteroatoms. The Morgan fingerprint density at radius 3 is 1.22 bits per heavy atom. The van der Waals surface area contributed by atoms with Crippen LogP contribution in [-0.4, -0.2) is 11.9 Å². The first-order valence-corrected chi connectivity index (χ1v) is 6.79. The molecule has 0 aliphatic heterocycles. The van der Waals surface area contributed by atoms with Crippen LogP contribution in [0.2, 0.25) is 0 Å². The van der Waals surface area contributed by atoms with Crippen molar-refractivity contribution in [2.45, 2.75) is 27.7 Å². The van der Waals surface area contributed by atoms with Gasteiger partial charge in [-0.1, -0.05) is 35.4 Å². The molecule has 2 aromatic rings. The molecule has 0 heterocycles. The molecule has 2 aromatic carbocycles. The van der Waals surface area contributed by atoms with Gasteiger partial charge < -0.3 is 19.8 Å². The molecule has 0 bridgehead atoms. The van der Waals surface area contributed by atoms with Gasteiger partial charge in [-0.05, 0) is 51.0 Å². The van der Waals surface area contributed by atoms with Crippen LogP contribution in [-0.2, 0) is 27.7 Å². The summed E-state index contributed by atoms with van der Waals surface area (Å²) >= 11 is 0. The third-order valence-corrected chi connectivity index (χ3v) is 3.23. The number of rotatable bonds is 2. The minimum Gasteiger partial charge on any atom is -0.545 e. The summed E-state index contributed by atoms with van der Waals surface area (Å²) in [6.07, 6.45) is 0. The van der Waals surface area contributed by atoms with Crippen molar-refractivity contribution in [2.24, 2.45) is 0 Å². The van der Waals surface area contributed by atoms with Crippen LogP contribution in [0.25, 0.3) is 0 Å². The summed E-state index contributed by atoms with van der Waals surface area (Å²) in [5, 5.41) is 20.9. The first kappa shape index (κ1) is 21.3. The largest absolute Gasteiger partial charge is 2.00 e. The maximum absolute atomic E-state index is 10.5. The van der Waals surface area contributed by atoms with Crippen LogP contribution in [0.5, 0.6) is 0 Å². The molecule has 0 aliphatic rings. The molecule has 0 unspecified atom stereocenters. The molecule has 2 rings (SSSR count). The van der Waals surface area contributed by atoms with Crippen molar-refractivity contribution < 1.29 is 47.5 Å². The van der Waals surface area contributed by atoms with Gasteiger partial charge in [0.1, 0.15) is 0 Å². The maximum atomic E-state index is 10.5. The molecule has 0 amide bonds. The third kappa shape index (κ3) is 6.53. The van der Waals surface area contributed by atoms with E-state index in [2.05, 4.69) is 0 Å². The Balaban J connectivity index is 0.000000403. The van der Waals surface area contributed by atoms with E-state index in [4.69, 9.17) is 0 Å². The molecule has 0 spiro atoms. The normalized spacial score (nSPS) is 9.22. The maximum Gasteiger partial charge on any atom is 2.00 e. The average molecular weight is 499 g/mol. The molecule has 0 saturated carbocycles. The molecule has 0 radical (unpaired) electrons. The van der Waals surface area contributed by atoms with Crippen molar-refractivity contribution in [2.75, 3.05) is 0 Å². The average Bonchev–Trinajstić information content (AvgIpc) is 2.44. The molecule has 23 heavy (non-hydrogen) atoms. The second kappa shape index (κ2) is 9.45. The number of aryl methyl sites for hydroxylation is 4. The number of carbonyl (C=O) groups excluding carboxylic acids is 2. The van der Waals surface area contributed by atoms with Crippen LogP contribution in [0, 0.1) is 27.7 Å². The molecule has 0 aliphatic carbocycles. The Morgan fingerprint density at radius 1 is 0.696 bits per heavy atom. The van der Waals surface area contributed by atoms with Crippen LogP contribution < -0.4 is 10.2 Å². The number of benzene rings is 2. The molecular formula is C18H18HgO4. The summed E-state index contributed by atoms with van der Waals surface area (Å²) in [4.78, 5) is 20.9. The van der Waals surface area contributed by atoms with E-state index >= 15 is 0 Å².